The minimum Gasteiger partial charge on any atom is -0.494 e. The molecule has 2 heterocycles. The highest BCUT2D eigenvalue weighted by molar-refractivity contribution is 7.14. The average molecular weight is 799 g/mol. The van der Waals surface area contributed by atoms with Gasteiger partial charge in [-0.2, -0.15) is 0 Å². The fraction of sp³-hybridized carbons (Fsp3) is 0.455. The van der Waals surface area contributed by atoms with E-state index in [-0.39, 0.29) is 11.8 Å². The fourth-order valence-electron chi connectivity index (χ4n) is 5.97. The van der Waals surface area contributed by atoms with Crippen molar-refractivity contribution < 1.29 is 29.0 Å². The van der Waals surface area contributed by atoms with Gasteiger partial charge in [-0.05, 0) is 61.3 Å². The molecule has 4 aromatic rings. The van der Waals surface area contributed by atoms with Gasteiger partial charge in [0.15, 0.2) is 5.82 Å². The van der Waals surface area contributed by atoms with Gasteiger partial charge in [0.05, 0.1) is 17.9 Å². The zero-order chi connectivity index (χ0) is 41.5. The SMILES string of the molecule is CCCCCCCOc1ccc(-c2cnc(-c3ccc(CC(NC(=O)c4ccc(C(C)(C)C)s4)C(=O)NC(CC(=O)O)C(=O)N(C)CCN(C)C)cc3)nc2)cc1. The zero-order valence-corrected chi connectivity index (χ0v) is 35.2. The summed E-state index contributed by atoms with van der Waals surface area (Å²) >= 11 is 1.35. The number of thiophene rings is 1. The summed E-state index contributed by atoms with van der Waals surface area (Å²) in [7, 11) is 5.30. The molecular weight excluding hydrogens is 741 g/mol. The molecule has 13 heteroatoms. The number of carboxylic acid groups (broad SMARTS) is 1. The van der Waals surface area contributed by atoms with Gasteiger partial charge in [-0.15, -0.1) is 11.3 Å². The van der Waals surface area contributed by atoms with E-state index in [1.165, 1.54) is 41.9 Å². The van der Waals surface area contributed by atoms with Crippen LogP contribution in [0.15, 0.2) is 73.1 Å². The normalized spacial score (nSPS) is 12.5. The summed E-state index contributed by atoms with van der Waals surface area (Å²) in [6.07, 6.45) is 8.98. The van der Waals surface area contributed by atoms with E-state index < -0.39 is 42.2 Å². The van der Waals surface area contributed by atoms with Gasteiger partial charge in [0.1, 0.15) is 17.8 Å². The number of rotatable bonds is 21. The molecule has 0 aliphatic carbocycles. The van der Waals surface area contributed by atoms with Crippen LogP contribution >= 0.6 is 11.3 Å². The molecule has 12 nitrogen and oxygen atoms in total. The topological polar surface area (TPSA) is 154 Å². The lowest BCUT2D eigenvalue weighted by Gasteiger charge is -2.27. The first-order valence-corrected chi connectivity index (χ1v) is 20.4. The summed E-state index contributed by atoms with van der Waals surface area (Å²) in [6.45, 7) is 9.98. The molecule has 0 bridgehead atoms. The van der Waals surface area contributed by atoms with E-state index >= 15 is 0 Å². The van der Waals surface area contributed by atoms with Crippen LogP contribution < -0.4 is 15.4 Å². The minimum absolute atomic E-state index is 0.0815. The molecule has 4 rings (SSSR count). The quantitative estimate of drug-likeness (QED) is 0.0770. The molecule has 0 saturated heterocycles. The van der Waals surface area contributed by atoms with E-state index in [1.54, 1.807) is 25.5 Å². The number of benzene rings is 2. The van der Waals surface area contributed by atoms with Crippen LogP contribution in [0.4, 0.5) is 0 Å². The summed E-state index contributed by atoms with van der Waals surface area (Å²) in [5.74, 6) is -1.51. The van der Waals surface area contributed by atoms with Crippen LogP contribution in [-0.4, -0.2) is 101 Å². The Kier molecular flexibility index (Phi) is 16.7. The number of ether oxygens (including phenoxy) is 1. The second-order valence-electron chi connectivity index (χ2n) is 15.6. The van der Waals surface area contributed by atoms with Crippen molar-refractivity contribution in [3.05, 3.63) is 88.4 Å². The first-order chi connectivity index (χ1) is 27.1. The second kappa shape index (κ2) is 21.4. The van der Waals surface area contributed by atoms with Crippen LogP contribution in [0.1, 0.15) is 86.3 Å². The van der Waals surface area contributed by atoms with Gasteiger partial charge >= 0.3 is 5.97 Å². The molecule has 0 fully saturated rings. The van der Waals surface area contributed by atoms with Gasteiger partial charge < -0.3 is 30.3 Å². The Hall–Kier alpha value is -5.14. The molecule has 3 amide bonds. The number of amides is 3. The van der Waals surface area contributed by atoms with Crippen molar-refractivity contribution in [2.24, 2.45) is 0 Å². The monoisotopic (exact) mass is 798 g/mol. The van der Waals surface area contributed by atoms with Crippen molar-refractivity contribution in [3.63, 3.8) is 0 Å². The summed E-state index contributed by atoms with van der Waals surface area (Å²) in [5.41, 5.74) is 3.17. The molecular formula is C44H58N6O6S. The molecule has 2 aromatic heterocycles. The van der Waals surface area contributed by atoms with Gasteiger partial charge in [-0.3, -0.25) is 19.2 Å². The summed E-state index contributed by atoms with van der Waals surface area (Å²) < 4.78 is 5.90. The number of carboxylic acids is 1. The highest BCUT2D eigenvalue weighted by Gasteiger charge is 2.31. The van der Waals surface area contributed by atoms with Crippen molar-refractivity contribution in [1.82, 2.24) is 30.4 Å². The molecule has 0 aliphatic rings. The molecule has 2 aromatic carbocycles. The number of hydrogen-bond donors (Lipinski definition) is 3. The second-order valence-corrected chi connectivity index (χ2v) is 16.7. The fourth-order valence-corrected chi connectivity index (χ4v) is 6.93. The largest absolute Gasteiger partial charge is 0.494 e. The summed E-state index contributed by atoms with van der Waals surface area (Å²) in [4.78, 5) is 66.5. The van der Waals surface area contributed by atoms with Gasteiger partial charge in [0, 0.05) is 55.0 Å². The number of hydrogen-bond acceptors (Lipinski definition) is 9. The van der Waals surface area contributed by atoms with Crippen LogP contribution in [0, 0.1) is 0 Å². The number of aromatic nitrogens is 2. The lowest BCUT2D eigenvalue weighted by molar-refractivity contribution is -0.143. The Morgan fingerprint density at radius 3 is 2.04 bits per heavy atom. The van der Waals surface area contributed by atoms with E-state index in [1.807, 2.05) is 73.6 Å². The molecule has 2 atom stereocenters. The molecule has 0 aliphatic heterocycles. The van der Waals surface area contributed by atoms with E-state index in [2.05, 4.69) is 48.3 Å². The highest BCUT2D eigenvalue weighted by Crippen LogP contribution is 2.30. The third kappa shape index (κ3) is 14.1. The average Bonchev–Trinajstić information content (AvgIpc) is 3.70. The van der Waals surface area contributed by atoms with Crippen LogP contribution in [-0.2, 0) is 26.2 Å². The number of carbonyl (C=O) groups is 4. The van der Waals surface area contributed by atoms with Gasteiger partial charge in [-0.1, -0.05) is 89.8 Å². The third-order valence-electron chi connectivity index (χ3n) is 9.45. The van der Waals surface area contributed by atoms with Crippen molar-refractivity contribution >= 4 is 35.0 Å². The number of nitrogens with one attached hydrogen (secondary N) is 2. The lowest BCUT2D eigenvalue weighted by Crippen LogP contribution is -2.55. The number of nitrogens with zero attached hydrogens (tertiary/aromatic N) is 4. The van der Waals surface area contributed by atoms with Crippen LogP contribution in [0.2, 0.25) is 0 Å². The Morgan fingerprint density at radius 1 is 0.789 bits per heavy atom. The molecule has 57 heavy (non-hydrogen) atoms. The van der Waals surface area contributed by atoms with Crippen LogP contribution in [0.3, 0.4) is 0 Å². The predicted molar refractivity (Wildman–Crippen MR) is 226 cm³/mol. The Morgan fingerprint density at radius 2 is 1.44 bits per heavy atom. The molecule has 0 spiro atoms. The van der Waals surface area contributed by atoms with Crippen molar-refractivity contribution in [2.75, 3.05) is 40.8 Å². The molecule has 0 saturated carbocycles. The van der Waals surface area contributed by atoms with E-state index in [0.717, 1.165) is 39.3 Å². The van der Waals surface area contributed by atoms with Crippen molar-refractivity contribution in [3.8, 4) is 28.3 Å². The lowest BCUT2D eigenvalue weighted by atomic mass is 9.95. The zero-order valence-electron chi connectivity index (χ0n) is 34.3. The molecule has 2 unspecified atom stereocenters. The third-order valence-corrected chi connectivity index (χ3v) is 11.0. The van der Waals surface area contributed by atoms with Gasteiger partial charge in [-0.25, -0.2) is 9.97 Å². The van der Waals surface area contributed by atoms with E-state index in [4.69, 9.17) is 4.74 Å². The maximum atomic E-state index is 13.9. The summed E-state index contributed by atoms with van der Waals surface area (Å²) in [5, 5.41) is 15.1. The van der Waals surface area contributed by atoms with Gasteiger partial charge in [0.2, 0.25) is 11.8 Å². The first-order valence-electron chi connectivity index (χ1n) is 19.6. The van der Waals surface area contributed by atoms with Crippen molar-refractivity contribution in [2.45, 2.75) is 90.1 Å². The number of aliphatic carboxylic acids is 1. The maximum Gasteiger partial charge on any atom is 0.305 e. The standard InChI is InChI=1S/C44H58N6O6S/c1-8-9-10-11-12-25-56-34-19-17-31(18-20-34)33-28-45-40(46-29-33)32-15-13-30(14-16-32)26-35(47-42(54)37-21-22-38(57-37)44(2,3)4)41(53)48-36(27-39(51)52)43(55)50(7)24-23-49(5)6/h13-22,28-29,35-36H,8-12,23-27H2,1-7H3,(H,47,54)(H,48,53)(H,51,52). The van der Waals surface area contributed by atoms with E-state index in [9.17, 15) is 24.3 Å². The Balaban J connectivity index is 1.47. The predicted octanol–water partition coefficient (Wildman–Crippen LogP) is 6.84. The maximum absolute atomic E-state index is 13.9. The Bertz CT molecular complexity index is 1910. The van der Waals surface area contributed by atoms with Crippen LogP contribution in [0.5, 0.6) is 5.75 Å². The Labute approximate surface area is 341 Å². The number of carbonyl (C=O) groups excluding carboxylic acids is 3. The highest BCUT2D eigenvalue weighted by atomic mass is 32.1. The van der Waals surface area contributed by atoms with Gasteiger partial charge in [0.25, 0.3) is 5.91 Å². The molecule has 306 valence electrons. The van der Waals surface area contributed by atoms with Crippen molar-refractivity contribution in [1.29, 1.82) is 0 Å². The number of unbranched alkanes of at least 4 members (excludes halogenated alkanes) is 4. The van der Waals surface area contributed by atoms with E-state index in [0.29, 0.717) is 30.4 Å². The number of likely N-dealkylation sites (N-methyl/N-ethyl adjacent to an activating group) is 2. The minimum atomic E-state index is -1.32. The van der Waals surface area contributed by atoms with Crippen LogP contribution in [0.25, 0.3) is 22.5 Å². The molecule has 3 N–H and O–H groups in total. The molecule has 0 radical (unpaired) electrons. The smallest absolute Gasteiger partial charge is 0.305 e. The summed E-state index contributed by atoms with van der Waals surface area (Å²) in [6, 6.07) is 16.5. The first kappa shape index (κ1) is 44.6.